The molecule has 1 aromatic carbocycles. The highest BCUT2D eigenvalue weighted by atomic mass is 35.5. The van der Waals surface area contributed by atoms with E-state index in [4.69, 9.17) is 17.3 Å². The highest BCUT2D eigenvalue weighted by Gasteiger charge is 2.41. The third-order valence-electron chi connectivity index (χ3n) is 2.11. The molecule has 0 bridgehead atoms. The van der Waals surface area contributed by atoms with Crippen molar-refractivity contribution < 1.29 is 31.4 Å². The number of halogens is 7. The van der Waals surface area contributed by atoms with Gasteiger partial charge in [0, 0.05) is 5.56 Å². The van der Waals surface area contributed by atoms with Crippen LogP contribution in [0.2, 0.25) is 5.02 Å². The minimum absolute atomic E-state index is 0.114. The first-order chi connectivity index (χ1) is 7.94. The van der Waals surface area contributed by atoms with E-state index in [1.54, 1.807) is 0 Å². The van der Waals surface area contributed by atoms with Gasteiger partial charge in [-0.3, -0.25) is 0 Å². The maximum atomic E-state index is 12.3. The van der Waals surface area contributed by atoms with Crippen LogP contribution in [0.4, 0.5) is 26.3 Å². The molecule has 2 nitrogen and oxygen atoms in total. The van der Waals surface area contributed by atoms with Crippen LogP contribution < -0.4 is 5.73 Å². The normalized spacial score (nSPS) is 14.7. The van der Waals surface area contributed by atoms with Gasteiger partial charge in [-0.05, 0) is 12.1 Å². The van der Waals surface area contributed by atoms with Crippen LogP contribution in [0.3, 0.4) is 0 Å². The largest absolute Gasteiger partial charge is 0.508 e. The average Bonchev–Trinajstić information content (AvgIpc) is 2.16. The van der Waals surface area contributed by atoms with Crippen molar-refractivity contribution in [3.8, 4) is 5.75 Å². The number of hydrogen-bond acceptors (Lipinski definition) is 2. The summed E-state index contributed by atoms with van der Waals surface area (Å²) >= 11 is 5.23. The van der Waals surface area contributed by atoms with Crippen molar-refractivity contribution in [2.24, 2.45) is 5.73 Å². The van der Waals surface area contributed by atoms with Crippen molar-refractivity contribution >= 4 is 11.6 Å². The van der Waals surface area contributed by atoms with E-state index in [-0.39, 0.29) is 6.07 Å². The summed E-state index contributed by atoms with van der Waals surface area (Å²) in [7, 11) is 0. The molecular weight excluding hydrogens is 288 g/mol. The molecule has 0 saturated heterocycles. The van der Waals surface area contributed by atoms with E-state index >= 15 is 0 Å². The Morgan fingerprint density at radius 1 is 1.11 bits per heavy atom. The summed E-state index contributed by atoms with van der Waals surface area (Å²) in [6.07, 6.45) is -9.78. The molecule has 1 rings (SSSR count). The summed E-state index contributed by atoms with van der Waals surface area (Å²) in [6.45, 7) is 0. The summed E-state index contributed by atoms with van der Waals surface area (Å²) in [6, 6.07) is -2.14. The zero-order chi connectivity index (χ0) is 14.3. The Hall–Kier alpha value is -1.15. The molecule has 18 heavy (non-hydrogen) atoms. The van der Waals surface area contributed by atoms with Crippen molar-refractivity contribution in [2.45, 2.75) is 18.4 Å². The minimum atomic E-state index is -4.90. The van der Waals surface area contributed by atoms with Crippen LogP contribution >= 0.6 is 11.6 Å². The quantitative estimate of drug-likeness (QED) is 0.777. The van der Waals surface area contributed by atoms with Gasteiger partial charge in [0.25, 0.3) is 0 Å². The van der Waals surface area contributed by atoms with Gasteiger partial charge in [-0.1, -0.05) is 11.6 Å². The molecule has 0 aliphatic rings. The predicted octanol–water partition coefficient (Wildman–Crippen LogP) is 3.63. The summed E-state index contributed by atoms with van der Waals surface area (Å²) < 4.78 is 73.9. The number of hydrogen-bond donors (Lipinski definition) is 2. The zero-order valence-electron chi connectivity index (χ0n) is 8.40. The molecule has 0 fully saturated rings. The first-order valence-corrected chi connectivity index (χ1v) is 4.74. The van der Waals surface area contributed by atoms with Crippen molar-refractivity contribution in [1.82, 2.24) is 0 Å². The third kappa shape index (κ3) is 2.99. The first kappa shape index (κ1) is 14.9. The van der Waals surface area contributed by atoms with Gasteiger partial charge < -0.3 is 10.8 Å². The van der Waals surface area contributed by atoms with Crippen LogP contribution in [0.5, 0.6) is 5.75 Å². The lowest BCUT2D eigenvalue weighted by Gasteiger charge is -2.19. The van der Waals surface area contributed by atoms with Gasteiger partial charge in [-0.25, -0.2) is 0 Å². The lowest BCUT2D eigenvalue weighted by atomic mass is 10.0. The number of phenolic OH excluding ortho intramolecular Hbond substituents is 1. The minimum Gasteiger partial charge on any atom is -0.508 e. The van der Waals surface area contributed by atoms with Gasteiger partial charge in [-0.15, -0.1) is 0 Å². The maximum absolute atomic E-state index is 12.3. The van der Waals surface area contributed by atoms with Gasteiger partial charge in [0.2, 0.25) is 0 Å². The van der Waals surface area contributed by atoms with E-state index in [2.05, 4.69) is 0 Å². The van der Waals surface area contributed by atoms with Gasteiger partial charge >= 0.3 is 12.4 Å². The maximum Gasteiger partial charge on any atom is 0.417 e. The molecule has 0 aromatic heterocycles. The Bertz CT molecular complexity index is 456. The Kier molecular flexibility index (Phi) is 3.73. The van der Waals surface area contributed by atoms with Crippen molar-refractivity contribution in [2.75, 3.05) is 0 Å². The molecule has 3 N–H and O–H groups in total. The van der Waals surface area contributed by atoms with E-state index in [1.165, 1.54) is 0 Å². The lowest BCUT2D eigenvalue weighted by Crippen LogP contribution is -2.28. The smallest absolute Gasteiger partial charge is 0.417 e. The topological polar surface area (TPSA) is 46.2 Å². The molecule has 0 spiro atoms. The molecule has 0 aliphatic carbocycles. The summed E-state index contributed by atoms with van der Waals surface area (Å²) in [4.78, 5) is 0. The van der Waals surface area contributed by atoms with E-state index in [0.29, 0.717) is 6.07 Å². The average molecular weight is 294 g/mol. The Morgan fingerprint density at radius 2 is 1.61 bits per heavy atom. The molecule has 0 heterocycles. The van der Waals surface area contributed by atoms with Crippen LogP contribution in [0.25, 0.3) is 0 Å². The van der Waals surface area contributed by atoms with E-state index in [1.807, 2.05) is 0 Å². The van der Waals surface area contributed by atoms with E-state index in [0.717, 1.165) is 0 Å². The summed E-state index contributed by atoms with van der Waals surface area (Å²) in [5.74, 6) is -1.21. The first-order valence-electron chi connectivity index (χ1n) is 4.36. The highest BCUT2D eigenvalue weighted by molar-refractivity contribution is 6.31. The highest BCUT2D eigenvalue weighted by Crippen LogP contribution is 2.42. The molecule has 0 aliphatic heterocycles. The standard InChI is InChI=1S/C9H6ClF6NO/c10-5-1-3(7(17)9(14,15)16)6(18)2-4(5)8(11,12)13/h1-2,7,18H,17H2/t7-/m0/s1. The number of alkyl halides is 6. The van der Waals surface area contributed by atoms with Crippen molar-refractivity contribution in [1.29, 1.82) is 0 Å². The molecule has 102 valence electrons. The number of aromatic hydroxyl groups is 1. The monoisotopic (exact) mass is 293 g/mol. The number of rotatable bonds is 1. The van der Waals surface area contributed by atoms with Gasteiger partial charge in [0.15, 0.2) is 0 Å². The third-order valence-corrected chi connectivity index (χ3v) is 2.42. The summed E-state index contributed by atoms with van der Waals surface area (Å²) in [5, 5.41) is 8.21. The molecular formula is C9H6ClF6NO. The molecule has 9 heteroatoms. The SMILES string of the molecule is N[C@@H](c1cc(Cl)c(C(F)(F)F)cc1O)C(F)(F)F. The summed E-state index contributed by atoms with van der Waals surface area (Å²) in [5.41, 5.74) is 2.43. The molecule has 1 atom stereocenters. The second-order valence-electron chi connectivity index (χ2n) is 3.41. The van der Waals surface area contributed by atoms with Crippen LogP contribution in [0, 0.1) is 0 Å². The predicted molar refractivity (Wildman–Crippen MR) is 51.1 cm³/mol. The fraction of sp³-hybridized carbons (Fsp3) is 0.333. The Labute approximate surface area is 102 Å². The number of phenols is 1. The number of benzene rings is 1. The zero-order valence-corrected chi connectivity index (χ0v) is 9.16. The fourth-order valence-corrected chi connectivity index (χ4v) is 1.50. The molecule has 0 saturated carbocycles. The van der Waals surface area contributed by atoms with Crippen LogP contribution in [0.15, 0.2) is 12.1 Å². The molecule has 0 unspecified atom stereocenters. The Balaban J connectivity index is 3.33. The van der Waals surface area contributed by atoms with Crippen molar-refractivity contribution in [3.05, 3.63) is 28.3 Å². The molecule has 0 radical (unpaired) electrons. The van der Waals surface area contributed by atoms with Crippen LogP contribution in [0.1, 0.15) is 17.2 Å². The molecule has 0 amide bonds. The fourth-order valence-electron chi connectivity index (χ4n) is 1.22. The van der Waals surface area contributed by atoms with E-state index in [9.17, 15) is 31.4 Å². The van der Waals surface area contributed by atoms with Crippen LogP contribution in [-0.4, -0.2) is 11.3 Å². The second kappa shape index (κ2) is 4.51. The number of nitrogens with two attached hydrogens (primary N) is 1. The van der Waals surface area contributed by atoms with E-state index < -0.39 is 40.3 Å². The van der Waals surface area contributed by atoms with Gasteiger partial charge in [-0.2, -0.15) is 26.3 Å². The van der Waals surface area contributed by atoms with Gasteiger partial charge in [0.05, 0.1) is 10.6 Å². The van der Waals surface area contributed by atoms with Crippen LogP contribution in [-0.2, 0) is 6.18 Å². The second-order valence-corrected chi connectivity index (χ2v) is 3.82. The van der Waals surface area contributed by atoms with Crippen molar-refractivity contribution in [3.63, 3.8) is 0 Å². The Morgan fingerprint density at radius 3 is 2.00 bits per heavy atom. The molecule has 1 aromatic rings. The lowest BCUT2D eigenvalue weighted by molar-refractivity contribution is -0.149. The van der Waals surface area contributed by atoms with Gasteiger partial charge in [0.1, 0.15) is 11.8 Å².